The first-order valence-electron chi connectivity index (χ1n) is 7.66. The van der Waals surface area contributed by atoms with Crippen LogP contribution in [0.15, 0.2) is 48.5 Å². The van der Waals surface area contributed by atoms with Crippen molar-refractivity contribution in [1.82, 2.24) is 4.98 Å². The molecule has 1 unspecified atom stereocenters. The number of aromatic nitrogens is 1. The highest BCUT2D eigenvalue weighted by Crippen LogP contribution is 2.39. The van der Waals surface area contributed by atoms with Crippen LogP contribution in [0.25, 0.3) is 17.0 Å². The van der Waals surface area contributed by atoms with Gasteiger partial charge in [-0.3, -0.25) is 4.79 Å². The molecule has 130 valence electrons. The molecule has 1 amide bonds. The maximum absolute atomic E-state index is 12.0. The Hall–Kier alpha value is -2.64. The maximum Gasteiger partial charge on any atom is 0.265 e. The van der Waals surface area contributed by atoms with Crippen molar-refractivity contribution in [3.05, 3.63) is 64.8 Å². The summed E-state index contributed by atoms with van der Waals surface area (Å²) in [6, 6.07) is 14.9. The Kier molecular flexibility index (Phi) is 5.39. The van der Waals surface area contributed by atoms with E-state index in [2.05, 4.69) is 4.98 Å². The minimum Gasteiger partial charge on any atom is -0.364 e. The van der Waals surface area contributed by atoms with Crippen LogP contribution < -0.4 is 16.3 Å². The number of nitrogens with one attached hydrogen (secondary N) is 1. The molecule has 3 N–H and O–H groups in total. The molecule has 3 aromatic rings. The Morgan fingerprint density at radius 3 is 2.85 bits per heavy atom. The van der Waals surface area contributed by atoms with E-state index in [0.717, 1.165) is 21.8 Å². The number of benzene rings is 2. The normalized spacial score (nSPS) is 12.3. The van der Waals surface area contributed by atoms with Crippen LogP contribution in [-0.4, -0.2) is 18.0 Å². The minimum absolute atomic E-state index is 0.313. The highest BCUT2D eigenvalue weighted by atomic mass is 35.5. The molecule has 0 saturated carbocycles. The number of carbonyl (C=O) groups excluding carboxylic acids is 1. The number of amides is 1. The largest absolute Gasteiger partial charge is 0.364 e. The Balaban J connectivity index is 2.21. The Morgan fingerprint density at radius 2 is 2.15 bits per heavy atom. The first-order valence-corrected chi connectivity index (χ1v) is 9.30. The highest BCUT2D eigenvalue weighted by Gasteiger charge is 2.25. The lowest BCUT2D eigenvalue weighted by Gasteiger charge is -2.17. The average molecular weight is 384 g/mol. The molecule has 26 heavy (non-hydrogen) atoms. The third kappa shape index (κ3) is 3.49. The third-order valence-corrected chi connectivity index (χ3v) is 6.04. The molecule has 1 aromatic heterocycles. The molecule has 0 aliphatic heterocycles. The molecule has 0 spiro atoms. The number of hydrogen-bond donors (Lipinski definition) is 2. The van der Waals surface area contributed by atoms with Gasteiger partial charge in [-0.1, -0.05) is 29.8 Å². The predicted molar refractivity (Wildman–Crippen MR) is 106 cm³/mol. The van der Waals surface area contributed by atoms with Crippen LogP contribution in [0.3, 0.4) is 0 Å². The third-order valence-electron chi connectivity index (χ3n) is 3.82. The van der Waals surface area contributed by atoms with Crippen LogP contribution in [0.5, 0.6) is 0 Å². The molecule has 0 fully saturated rings. The van der Waals surface area contributed by atoms with Crippen LogP contribution in [0.1, 0.15) is 16.1 Å². The summed E-state index contributed by atoms with van der Waals surface area (Å²) in [6.45, 7) is 0. The van der Waals surface area contributed by atoms with Crippen molar-refractivity contribution >= 4 is 53.2 Å². The summed E-state index contributed by atoms with van der Waals surface area (Å²) < 4.78 is 5.78. The van der Waals surface area contributed by atoms with Gasteiger partial charge in [0, 0.05) is 39.7 Å². The molecule has 0 radical (unpaired) electrons. The summed E-state index contributed by atoms with van der Waals surface area (Å²) in [7, 11) is 0.279. The number of allylic oxidation sites excluding steroid dienone is 1. The maximum atomic E-state index is 12.0. The molecule has 0 saturated heterocycles. The molecule has 1 heterocycles. The summed E-state index contributed by atoms with van der Waals surface area (Å²) in [5.41, 5.74) is 7.53. The second-order valence-corrected chi connectivity index (χ2v) is 7.79. The van der Waals surface area contributed by atoms with Gasteiger partial charge >= 0.3 is 0 Å². The number of nitrogens with zero attached hydrogens (tertiary/aromatic N) is 1. The number of nitrogens with two attached hydrogens (primary N) is 1. The van der Waals surface area contributed by atoms with Gasteiger partial charge in [0.2, 0.25) is 0 Å². The van der Waals surface area contributed by atoms with E-state index in [1.807, 2.05) is 36.4 Å². The van der Waals surface area contributed by atoms with E-state index < -0.39 is 14.1 Å². The standard InChI is InChI=1S/C19H15ClN3O2P/c1-25-26(14-6-2-4-12(10-14)5-3-9-21)18-15-11-13(20)7-8-16(15)23-17(18)19(22)24/h2-8,10-11,23H,1H3,(H2,22,24)/b5-3+. The monoisotopic (exact) mass is 383 g/mol. The van der Waals surface area contributed by atoms with Gasteiger partial charge in [-0.25, -0.2) is 0 Å². The fraction of sp³-hybridized carbons (Fsp3) is 0.0526. The van der Waals surface area contributed by atoms with Gasteiger partial charge in [0.1, 0.15) is 5.69 Å². The molecule has 0 bridgehead atoms. The van der Waals surface area contributed by atoms with Gasteiger partial charge in [0.25, 0.3) is 5.91 Å². The first kappa shape index (κ1) is 18.2. The van der Waals surface area contributed by atoms with E-state index >= 15 is 0 Å². The summed E-state index contributed by atoms with van der Waals surface area (Å²) in [4.78, 5) is 15.1. The summed E-state index contributed by atoms with van der Waals surface area (Å²) >= 11 is 6.15. The summed E-state index contributed by atoms with van der Waals surface area (Å²) in [5.74, 6) is -0.558. The van der Waals surface area contributed by atoms with Crippen molar-refractivity contribution in [1.29, 1.82) is 5.26 Å². The lowest BCUT2D eigenvalue weighted by molar-refractivity contribution is 0.0997. The zero-order chi connectivity index (χ0) is 18.7. The number of rotatable bonds is 5. The van der Waals surface area contributed by atoms with Gasteiger partial charge in [-0.2, -0.15) is 5.26 Å². The molecule has 2 aromatic carbocycles. The lowest BCUT2D eigenvalue weighted by atomic mass is 10.2. The highest BCUT2D eigenvalue weighted by molar-refractivity contribution is 7.69. The second kappa shape index (κ2) is 7.72. The number of primary amides is 1. The molecule has 5 nitrogen and oxygen atoms in total. The molecule has 3 rings (SSSR count). The molecule has 0 aliphatic carbocycles. The Bertz CT molecular complexity index is 1050. The fourth-order valence-electron chi connectivity index (χ4n) is 2.75. The number of aromatic amines is 1. The van der Waals surface area contributed by atoms with Crippen molar-refractivity contribution in [3.8, 4) is 6.07 Å². The van der Waals surface area contributed by atoms with Gasteiger partial charge < -0.3 is 15.2 Å². The number of halogens is 1. The van der Waals surface area contributed by atoms with Crippen LogP contribution in [0.2, 0.25) is 5.02 Å². The van der Waals surface area contributed by atoms with Gasteiger partial charge in [-0.15, -0.1) is 0 Å². The number of nitriles is 1. The molecule has 1 atom stereocenters. The summed E-state index contributed by atoms with van der Waals surface area (Å²) in [5, 5.41) is 11.7. The van der Waals surface area contributed by atoms with E-state index in [0.29, 0.717) is 16.0 Å². The van der Waals surface area contributed by atoms with E-state index in [-0.39, 0.29) is 0 Å². The van der Waals surface area contributed by atoms with Gasteiger partial charge in [0.15, 0.2) is 0 Å². The SMILES string of the molecule is COP(c1cccc(/C=C/C#N)c1)c1c(C(N)=O)[nH]c2ccc(Cl)cc12. The van der Waals surface area contributed by atoms with E-state index in [1.54, 1.807) is 25.3 Å². The zero-order valence-corrected chi connectivity index (χ0v) is 15.5. The molecule has 0 aliphatic rings. The zero-order valence-electron chi connectivity index (χ0n) is 13.9. The van der Waals surface area contributed by atoms with E-state index in [9.17, 15) is 4.79 Å². The second-order valence-electron chi connectivity index (χ2n) is 5.44. The average Bonchev–Trinajstić information content (AvgIpc) is 3.00. The topological polar surface area (TPSA) is 91.9 Å². The molecule has 7 heteroatoms. The van der Waals surface area contributed by atoms with Crippen molar-refractivity contribution in [2.24, 2.45) is 5.73 Å². The van der Waals surface area contributed by atoms with Gasteiger partial charge in [-0.05, 0) is 35.9 Å². The number of hydrogen-bond acceptors (Lipinski definition) is 3. The fourth-order valence-corrected chi connectivity index (χ4v) is 4.84. The van der Waals surface area contributed by atoms with Crippen LogP contribution >= 0.6 is 19.7 Å². The van der Waals surface area contributed by atoms with Crippen LogP contribution in [0, 0.1) is 11.3 Å². The number of fused-ring (bicyclic) bond motifs is 1. The number of carbonyl (C=O) groups is 1. The van der Waals surface area contributed by atoms with Crippen LogP contribution in [-0.2, 0) is 4.52 Å². The van der Waals surface area contributed by atoms with Gasteiger partial charge in [0.05, 0.1) is 14.2 Å². The smallest absolute Gasteiger partial charge is 0.265 e. The van der Waals surface area contributed by atoms with Crippen molar-refractivity contribution in [3.63, 3.8) is 0 Å². The lowest BCUT2D eigenvalue weighted by Crippen LogP contribution is -2.23. The predicted octanol–water partition coefficient (Wildman–Crippen LogP) is 3.45. The van der Waals surface area contributed by atoms with Crippen molar-refractivity contribution in [2.45, 2.75) is 0 Å². The minimum atomic E-state index is -1.32. The quantitative estimate of drug-likeness (QED) is 0.522. The van der Waals surface area contributed by atoms with E-state index in [1.165, 1.54) is 6.08 Å². The summed E-state index contributed by atoms with van der Waals surface area (Å²) in [6.07, 6.45) is 3.13. The Labute approximate surface area is 156 Å². The molecular formula is C19H15ClN3O2P. The van der Waals surface area contributed by atoms with Crippen LogP contribution in [0.4, 0.5) is 0 Å². The Morgan fingerprint density at radius 1 is 1.35 bits per heavy atom. The first-order chi connectivity index (χ1) is 12.5. The molecular weight excluding hydrogens is 369 g/mol. The van der Waals surface area contributed by atoms with E-state index in [4.69, 9.17) is 27.1 Å². The van der Waals surface area contributed by atoms with Crippen molar-refractivity contribution in [2.75, 3.05) is 7.11 Å². The number of H-pyrrole nitrogens is 1. The van der Waals surface area contributed by atoms with Crippen molar-refractivity contribution < 1.29 is 9.32 Å².